The number of amides is 1. The largest absolute Gasteiger partial charge is 0.346 e. The molecular weight excluding hydrogens is 254 g/mol. The molecule has 2 aromatic rings. The summed E-state index contributed by atoms with van der Waals surface area (Å²) in [4.78, 5) is 31.4. The van der Waals surface area contributed by atoms with Crippen LogP contribution in [0, 0.1) is 6.92 Å². The van der Waals surface area contributed by atoms with Gasteiger partial charge >= 0.3 is 0 Å². The summed E-state index contributed by atoms with van der Waals surface area (Å²) < 4.78 is 0. The van der Waals surface area contributed by atoms with Crippen LogP contribution in [0.5, 0.6) is 0 Å². The Morgan fingerprint density at radius 3 is 2.65 bits per heavy atom. The molecule has 1 N–H and O–H groups in total. The van der Waals surface area contributed by atoms with Gasteiger partial charge in [0.05, 0.1) is 17.8 Å². The predicted octanol–water partition coefficient (Wildman–Crippen LogP) is 1.92. The highest BCUT2D eigenvalue weighted by atomic mass is 16.1. The Bertz CT molecular complexity index is 639. The molecule has 2 rings (SSSR count). The molecule has 0 aromatic carbocycles. The quantitative estimate of drug-likeness (QED) is 0.861. The van der Waals surface area contributed by atoms with Crippen molar-refractivity contribution in [3.05, 3.63) is 59.2 Å². The van der Waals surface area contributed by atoms with E-state index in [1.54, 1.807) is 37.4 Å². The van der Waals surface area contributed by atoms with E-state index in [0.29, 0.717) is 29.1 Å². The maximum absolute atomic E-state index is 11.8. The van der Waals surface area contributed by atoms with E-state index in [2.05, 4.69) is 15.3 Å². The number of pyridine rings is 2. The van der Waals surface area contributed by atoms with E-state index >= 15 is 0 Å². The van der Waals surface area contributed by atoms with E-state index in [-0.39, 0.29) is 11.7 Å². The molecule has 102 valence electrons. The number of carbonyl (C=O) groups excluding carboxylic acids is 2. The zero-order valence-electron chi connectivity index (χ0n) is 11.4. The van der Waals surface area contributed by atoms with Crippen LogP contribution in [-0.4, -0.2) is 21.7 Å². The molecule has 0 aliphatic heterocycles. The molecule has 0 saturated carbocycles. The minimum absolute atomic E-state index is 0.0130. The molecule has 0 bridgehead atoms. The van der Waals surface area contributed by atoms with Crippen LogP contribution in [-0.2, 0) is 6.54 Å². The van der Waals surface area contributed by atoms with Gasteiger partial charge in [0.2, 0.25) is 0 Å². The molecule has 5 heteroatoms. The fraction of sp³-hybridized carbons (Fsp3) is 0.200. The third kappa shape index (κ3) is 3.26. The van der Waals surface area contributed by atoms with Gasteiger partial charge in [-0.3, -0.25) is 19.6 Å². The van der Waals surface area contributed by atoms with E-state index in [1.807, 2.05) is 0 Å². The first kappa shape index (κ1) is 13.9. The van der Waals surface area contributed by atoms with Crippen molar-refractivity contribution in [2.75, 3.05) is 0 Å². The number of aryl methyl sites for hydroxylation is 1. The average Bonchev–Trinajstić information content (AvgIpc) is 2.45. The van der Waals surface area contributed by atoms with Gasteiger partial charge in [-0.15, -0.1) is 0 Å². The number of nitrogens with zero attached hydrogens (tertiary/aromatic N) is 2. The molecular formula is C15H15N3O2. The van der Waals surface area contributed by atoms with E-state index in [1.165, 1.54) is 13.1 Å². The van der Waals surface area contributed by atoms with Gasteiger partial charge in [-0.1, -0.05) is 0 Å². The van der Waals surface area contributed by atoms with Crippen molar-refractivity contribution in [1.82, 2.24) is 15.3 Å². The molecule has 1 amide bonds. The Balaban J connectivity index is 2.03. The van der Waals surface area contributed by atoms with Gasteiger partial charge in [0.1, 0.15) is 0 Å². The van der Waals surface area contributed by atoms with Crippen LogP contribution in [0.25, 0.3) is 0 Å². The summed E-state index contributed by atoms with van der Waals surface area (Å²) in [6, 6.07) is 6.88. The predicted molar refractivity (Wildman–Crippen MR) is 74.4 cm³/mol. The monoisotopic (exact) mass is 269 g/mol. The summed E-state index contributed by atoms with van der Waals surface area (Å²) in [6.45, 7) is 3.60. The van der Waals surface area contributed by atoms with Gasteiger partial charge in [-0.25, -0.2) is 0 Å². The van der Waals surface area contributed by atoms with Crippen LogP contribution in [0.15, 0.2) is 36.7 Å². The minimum atomic E-state index is -0.201. The topological polar surface area (TPSA) is 72.0 Å². The lowest BCUT2D eigenvalue weighted by molar-refractivity contribution is 0.0948. The molecule has 0 aliphatic carbocycles. The maximum Gasteiger partial charge on any atom is 0.253 e. The summed E-state index contributed by atoms with van der Waals surface area (Å²) >= 11 is 0. The highest BCUT2D eigenvalue weighted by molar-refractivity contribution is 5.95. The Kier molecular flexibility index (Phi) is 4.20. The van der Waals surface area contributed by atoms with Crippen molar-refractivity contribution in [2.24, 2.45) is 0 Å². The first-order valence-electron chi connectivity index (χ1n) is 6.23. The van der Waals surface area contributed by atoms with E-state index in [9.17, 15) is 9.59 Å². The van der Waals surface area contributed by atoms with Gasteiger partial charge in [-0.2, -0.15) is 0 Å². The highest BCUT2D eigenvalue weighted by Gasteiger charge is 2.08. The number of carbonyl (C=O) groups is 2. The van der Waals surface area contributed by atoms with Crippen LogP contribution in [0.2, 0.25) is 0 Å². The third-order valence-corrected chi connectivity index (χ3v) is 2.88. The van der Waals surface area contributed by atoms with Gasteiger partial charge in [0.25, 0.3) is 5.91 Å². The number of ketones is 1. The first-order chi connectivity index (χ1) is 9.58. The normalized spacial score (nSPS) is 10.1. The molecule has 0 spiro atoms. The van der Waals surface area contributed by atoms with Crippen LogP contribution in [0.3, 0.4) is 0 Å². The number of rotatable bonds is 4. The van der Waals surface area contributed by atoms with Crippen molar-refractivity contribution in [3.63, 3.8) is 0 Å². The van der Waals surface area contributed by atoms with Gasteiger partial charge in [-0.05, 0) is 38.1 Å². The number of aromatic nitrogens is 2. The summed E-state index contributed by atoms with van der Waals surface area (Å²) in [5.41, 5.74) is 2.49. The fourth-order valence-electron chi connectivity index (χ4n) is 1.85. The summed E-state index contributed by atoms with van der Waals surface area (Å²) in [5, 5.41) is 2.76. The second-order valence-electron chi connectivity index (χ2n) is 4.42. The second-order valence-corrected chi connectivity index (χ2v) is 4.42. The molecule has 2 heterocycles. The van der Waals surface area contributed by atoms with Crippen LogP contribution in [0.4, 0.5) is 0 Å². The van der Waals surface area contributed by atoms with Crippen LogP contribution >= 0.6 is 0 Å². The first-order valence-corrected chi connectivity index (χ1v) is 6.23. The lowest BCUT2D eigenvalue weighted by Crippen LogP contribution is -2.23. The Labute approximate surface area is 117 Å². The molecule has 2 aromatic heterocycles. The van der Waals surface area contributed by atoms with E-state index in [0.717, 1.165) is 0 Å². The number of hydrogen-bond acceptors (Lipinski definition) is 4. The Morgan fingerprint density at radius 2 is 2.05 bits per heavy atom. The van der Waals surface area contributed by atoms with Gasteiger partial charge in [0.15, 0.2) is 5.78 Å². The molecule has 0 radical (unpaired) electrons. The van der Waals surface area contributed by atoms with Gasteiger partial charge in [0, 0.05) is 23.7 Å². The smallest absolute Gasteiger partial charge is 0.253 e. The van der Waals surface area contributed by atoms with Crippen LogP contribution in [0.1, 0.15) is 39.0 Å². The van der Waals surface area contributed by atoms with Crippen molar-refractivity contribution in [3.8, 4) is 0 Å². The van der Waals surface area contributed by atoms with E-state index < -0.39 is 0 Å². The zero-order valence-corrected chi connectivity index (χ0v) is 11.4. The molecule has 0 atom stereocenters. The van der Waals surface area contributed by atoms with Crippen molar-refractivity contribution in [2.45, 2.75) is 20.4 Å². The minimum Gasteiger partial charge on any atom is -0.346 e. The van der Waals surface area contributed by atoms with E-state index in [4.69, 9.17) is 0 Å². The maximum atomic E-state index is 11.8. The SMILES string of the molecule is CC(=O)c1ccc(CNC(=O)c2cccnc2)nc1C. The average molecular weight is 269 g/mol. The van der Waals surface area contributed by atoms with Crippen molar-refractivity contribution >= 4 is 11.7 Å². The van der Waals surface area contributed by atoms with Gasteiger partial charge < -0.3 is 5.32 Å². The Morgan fingerprint density at radius 1 is 1.25 bits per heavy atom. The summed E-state index contributed by atoms with van der Waals surface area (Å²) in [5.74, 6) is -0.214. The molecule has 0 unspecified atom stereocenters. The zero-order chi connectivity index (χ0) is 14.5. The molecule has 0 saturated heterocycles. The second kappa shape index (κ2) is 6.06. The lowest BCUT2D eigenvalue weighted by Gasteiger charge is -2.07. The standard InChI is InChI=1S/C15H15N3O2/c1-10-14(11(2)19)6-5-13(18-10)9-17-15(20)12-4-3-7-16-8-12/h3-8H,9H2,1-2H3,(H,17,20). The molecule has 0 fully saturated rings. The lowest BCUT2D eigenvalue weighted by atomic mass is 10.1. The summed E-state index contributed by atoms with van der Waals surface area (Å²) in [7, 11) is 0. The van der Waals surface area contributed by atoms with Crippen molar-refractivity contribution in [1.29, 1.82) is 0 Å². The number of nitrogens with one attached hydrogen (secondary N) is 1. The molecule has 0 aliphatic rings. The molecule has 20 heavy (non-hydrogen) atoms. The summed E-state index contributed by atoms with van der Waals surface area (Å²) in [6.07, 6.45) is 3.12. The third-order valence-electron chi connectivity index (χ3n) is 2.88. The highest BCUT2D eigenvalue weighted by Crippen LogP contribution is 2.08. The van der Waals surface area contributed by atoms with Crippen molar-refractivity contribution < 1.29 is 9.59 Å². The van der Waals surface area contributed by atoms with Crippen LogP contribution < -0.4 is 5.32 Å². The number of Topliss-reactive ketones (excluding diaryl/α,β-unsaturated/α-hetero) is 1. The Hall–Kier alpha value is -2.56. The fourth-order valence-corrected chi connectivity index (χ4v) is 1.85. The number of hydrogen-bond donors (Lipinski definition) is 1. The molecule has 5 nitrogen and oxygen atoms in total.